The van der Waals surface area contributed by atoms with Crippen molar-refractivity contribution < 1.29 is 9.59 Å². The van der Waals surface area contributed by atoms with Crippen LogP contribution in [0.4, 0.5) is 11.4 Å². The molecule has 0 aliphatic heterocycles. The minimum atomic E-state index is -0.275. The zero-order valence-electron chi connectivity index (χ0n) is 15.1. The van der Waals surface area contributed by atoms with Gasteiger partial charge in [0.2, 0.25) is 5.91 Å². The number of hydrogen-bond acceptors (Lipinski definition) is 3. The lowest BCUT2D eigenvalue weighted by Gasteiger charge is -2.08. The number of nitrogens with one attached hydrogen (secondary N) is 2. The van der Waals surface area contributed by atoms with Gasteiger partial charge in [-0.3, -0.25) is 9.59 Å². The molecule has 0 saturated carbocycles. The average Bonchev–Trinajstić information content (AvgIpc) is 2.99. The number of aromatic nitrogens is 2. The van der Waals surface area contributed by atoms with Gasteiger partial charge in [0.15, 0.2) is 0 Å². The minimum absolute atomic E-state index is 0.0169. The van der Waals surface area contributed by atoms with E-state index in [-0.39, 0.29) is 11.8 Å². The second-order valence-electron chi connectivity index (χ2n) is 6.77. The Hall–Kier alpha value is -3.15. The predicted molar refractivity (Wildman–Crippen MR) is 102 cm³/mol. The third-order valence-corrected chi connectivity index (χ3v) is 3.87. The molecule has 3 rings (SSSR count). The molecule has 0 atom stereocenters. The summed E-state index contributed by atoms with van der Waals surface area (Å²) in [6, 6.07) is 10.9. The van der Waals surface area contributed by atoms with Crippen molar-refractivity contribution in [2.24, 2.45) is 5.92 Å². The molecule has 3 aromatic rings. The summed E-state index contributed by atoms with van der Waals surface area (Å²) in [5.41, 5.74) is 3.52. The van der Waals surface area contributed by atoms with E-state index in [4.69, 9.17) is 0 Å². The topological polar surface area (TPSA) is 75.5 Å². The van der Waals surface area contributed by atoms with Crippen molar-refractivity contribution >= 4 is 28.8 Å². The Kier molecular flexibility index (Phi) is 5.02. The Morgan fingerprint density at radius 1 is 1.08 bits per heavy atom. The lowest BCUT2D eigenvalue weighted by Crippen LogP contribution is -2.14. The smallest absolute Gasteiger partial charge is 0.275 e. The summed E-state index contributed by atoms with van der Waals surface area (Å²) in [4.78, 5) is 28.5. The average molecular weight is 350 g/mol. The van der Waals surface area contributed by atoms with E-state index in [0.29, 0.717) is 29.4 Å². The fourth-order valence-corrected chi connectivity index (χ4v) is 2.61. The van der Waals surface area contributed by atoms with Crippen molar-refractivity contribution in [3.8, 4) is 0 Å². The van der Waals surface area contributed by atoms with Gasteiger partial charge in [0.1, 0.15) is 11.3 Å². The Bertz CT molecular complexity index is 942. The largest absolute Gasteiger partial charge is 0.326 e. The highest BCUT2D eigenvalue weighted by Gasteiger charge is 2.11. The van der Waals surface area contributed by atoms with Crippen molar-refractivity contribution in [2.45, 2.75) is 27.2 Å². The van der Waals surface area contributed by atoms with Gasteiger partial charge in [0, 0.05) is 30.2 Å². The summed E-state index contributed by atoms with van der Waals surface area (Å²) in [5.74, 6) is 0.0162. The number of fused-ring (bicyclic) bond motifs is 1. The van der Waals surface area contributed by atoms with E-state index in [9.17, 15) is 9.59 Å². The van der Waals surface area contributed by atoms with Crippen LogP contribution >= 0.6 is 0 Å². The molecule has 1 aromatic carbocycles. The van der Waals surface area contributed by atoms with E-state index in [1.807, 2.05) is 43.5 Å². The van der Waals surface area contributed by atoms with Gasteiger partial charge in [0.25, 0.3) is 5.91 Å². The molecule has 0 fully saturated rings. The molecule has 26 heavy (non-hydrogen) atoms. The van der Waals surface area contributed by atoms with Crippen LogP contribution < -0.4 is 10.6 Å². The van der Waals surface area contributed by atoms with E-state index >= 15 is 0 Å². The van der Waals surface area contributed by atoms with Gasteiger partial charge in [-0.25, -0.2) is 4.98 Å². The number of benzene rings is 1. The minimum Gasteiger partial charge on any atom is -0.326 e. The molecule has 2 amide bonds. The summed E-state index contributed by atoms with van der Waals surface area (Å²) in [6.07, 6.45) is 4.06. The van der Waals surface area contributed by atoms with Crippen LogP contribution in [-0.2, 0) is 4.79 Å². The van der Waals surface area contributed by atoms with Crippen LogP contribution in [0.1, 0.15) is 36.3 Å². The molecule has 2 heterocycles. The molecular weight excluding hydrogens is 328 g/mol. The van der Waals surface area contributed by atoms with Crippen LogP contribution in [0.25, 0.3) is 5.65 Å². The number of aryl methyl sites for hydroxylation is 1. The van der Waals surface area contributed by atoms with Crippen LogP contribution in [0.2, 0.25) is 0 Å². The Balaban J connectivity index is 1.66. The molecular formula is C20H22N4O2. The lowest BCUT2D eigenvalue weighted by molar-refractivity contribution is -0.116. The fraction of sp³-hybridized carbons (Fsp3) is 0.250. The monoisotopic (exact) mass is 350 g/mol. The summed E-state index contributed by atoms with van der Waals surface area (Å²) >= 11 is 0. The molecule has 0 radical (unpaired) electrons. The number of nitrogens with zero attached hydrogens (tertiary/aromatic N) is 2. The highest BCUT2D eigenvalue weighted by Crippen LogP contribution is 2.16. The first-order valence-corrected chi connectivity index (χ1v) is 8.57. The zero-order valence-corrected chi connectivity index (χ0v) is 15.1. The van der Waals surface area contributed by atoms with E-state index in [1.54, 1.807) is 30.5 Å². The molecule has 0 aliphatic carbocycles. The number of carbonyl (C=O) groups is 2. The summed E-state index contributed by atoms with van der Waals surface area (Å²) < 4.78 is 1.81. The number of imidazole rings is 1. The van der Waals surface area contributed by atoms with E-state index < -0.39 is 0 Å². The lowest BCUT2D eigenvalue weighted by atomic mass is 10.1. The van der Waals surface area contributed by atoms with Crippen LogP contribution in [-0.4, -0.2) is 21.2 Å². The van der Waals surface area contributed by atoms with Crippen molar-refractivity contribution in [1.29, 1.82) is 0 Å². The van der Waals surface area contributed by atoms with Gasteiger partial charge in [-0.1, -0.05) is 13.8 Å². The van der Waals surface area contributed by atoms with Gasteiger partial charge >= 0.3 is 0 Å². The fourth-order valence-electron chi connectivity index (χ4n) is 2.61. The molecule has 0 bridgehead atoms. The van der Waals surface area contributed by atoms with Crippen LogP contribution in [0.15, 0.2) is 48.8 Å². The Labute approximate surface area is 152 Å². The third kappa shape index (κ3) is 4.27. The van der Waals surface area contributed by atoms with Crippen molar-refractivity contribution in [3.63, 3.8) is 0 Å². The van der Waals surface area contributed by atoms with Crippen molar-refractivity contribution in [2.75, 3.05) is 10.6 Å². The Morgan fingerprint density at radius 2 is 1.73 bits per heavy atom. The number of rotatable bonds is 5. The van der Waals surface area contributed by atoms with Gasteiger partial charge in [0.05, 0.1) is 0 Å². The predicted octanol–water partition coefficient (Wildman–Crippen LogP) is 3.88. The van der Waals surface area contributed by atoms with Crippen LogP contribution in [0.3, 0.4) is 0 Å². The van der Waals surface area contributed by atoms with Crippen molar-refractivity contribution in [1.82, 2.24) is 9.38 Å². The number of amides is 2. The van der Waals surface area contributed by atoms with Crippen LogP contribution in [0.5, 0.6) is 0 Å². The maximum absolute atomic E-state index is 12.4. The molecule has 2 N–H and O–H groups in total. The molecule has 0 unspecified atom stereocenters. The normalized spacial score (nSPS) is 10.9. The van der Waals surface area contributed by atoms with Crippen LogP contribution in [0, 0.1) is 12.8 Å². The first-order chi connectivity index (χ1) is 12.4. The molecule has 0 spiro atoms. The summed E-state index contributed by atoms with van der Waals surface area (Å²) in [5, 5.41) is 5.66. The zero-order chi connectivity index (χ0) is 18.7. The maximum Gasteiger partial charge on any atom is 0.275 e. The van der Waals surface area contributed by atoms with Gasteiger partial charge in [-0.2, -0.15) is 0 Å². The third-order valence-electron chi connectivity index (χ3n) is 3.87. The summed E-state index contributed by atoms with van der Waals surface area (Å²) in [6.45, 7) is 5.98. The number of hydrogen-bond donors (Lipinski definition) is 2. The number of carbonyl (C=O) groups excluding carboxylic acids is 2. The van der Waals surface area contributed by atoms with E-state index in [2.05, 4.69) is 15.6 Å². The quantitative estimate of drug-likeness (QED) is 0.733. The van der Waals surface area contributed by atoms with Gasteiger partial charge < -0.3 is 15.0 Å². The van der Waals surface area contributed by atoms with E-state index in [1.165, 1.54) is 0 Å². The molecule has 0 aliphatic rings. The standard InChI is InChI=1S/C20H22N4O2/c1-13(2)10-19(25)21-15-4-6-16(7-5-15)22-20(26)17-12-24-9-8-14(3)11-18(24)23-17/h4-9,11-13H,10H2,1-3H3,(H,21,25)(H,22,26). The van der Waals surface area contributed by atoms with Gasteiger partial charge in [-0.05, 0) is 54.8 Å². The number of pyridine rings is 1. The highest BCUT2D eigenvalue weighted by atomic mass is 16.2. The first kappa shape index (κ1) is 17.7. The van der Waals surface area contributed by atoms with Gasteiger partial charge in [-0.15, -0.1) is 0 Å². The second-order valence-corrected chi connectivity index (χ2v) is 6.77. The Morgan fingerprint density at radius 3 is 2.38 bits per heavy atom. The molecule has 0 saturated heterocycles. The summed E-state index contributed by atoms with van der Waals surface area (Å²) in [7, 11) is 0. The number of anilines is 2. The van der Waals surface area contributed by atoms with E-state index in [0.717, 1.165) is 11.2 Å². The maximum atomic E-state index is 12.4. The SMILES string of the molecule is Cc1ccn2cc(C(=O)Nc3ccc(NC(=O)CC(C)C)cc3)nc2c1. The molecule has 6 nitrogen and oxygen atoms in total. The highest BCUT2D eigenvalue weighted by molar-refractivity contribution is 6.03. The second kappa shape index (κ2) is 7.39. The molecule has 2 aromatic heterocycles. The first-order valence-electron chi connectivity index (χ1n) is 8.57. The molecule has 6 heteroatoms. The van der Waals surface area contributed by atoms with Crippen molar-refractivity contribution in [3.05, 3.63) is 60.0 Å². The molecule has 134 valence electrons.